The van der Waals surface area contributed by atoms with Crippen molar-refractivity contribution in [1.29, 1.82) is 0 Å². The summed E-state index contributed by atoms with van der Waals surface area (Å²) in [7, 11) is 4.18. The van der Waals surface area contributed by atoms with Crippen molar-refractivity contribution in [2.75, 3.05) is 5.75 Å². The molecule has 0 aliphatic rings. The van der Waals surface area contributed by atoms with E-state index in [1.54, 1.807) is 0 Å². The number of unbranched alkanes of at least 4 members (excludes halogenated alkanes) is 6. The van der Waals surface area contributed by atoms with E-state index in [4.69, 9.17) is 0 Å². The first-order chi connectivity index (χ1) is 9.26. The van der Waals surface area contributed by atoms with Crippen LogP contribution in [0.3, 0.4) is 0 Å². The van der Waals surface area contributed by atoms with Crippen molar-refractivity contribution in [3.05, 3.63) is 0 Å². The predicted molar refractivity (Wildman–Crippen MR) is 96.2 cm³/mol. The highest BCUT2D eigenvalue weighted by molar-refractivity contribution is 8.76. The Morgan fingerprint density at radius 1 is 0.737 bits per heavy atom. The number of hydrogen-bond donors (Lipinski definition) is 0. The summed E-state index contributed by atoms with van der Waals surface area (Å²) < 4.78 is 0. The number of hydrogen-bond acceptors (Lipinski definition) is 2. The number of rotatable bonds is 14. The zero-order valence-corrected chi connectivity index (χ0v) is 15.4. The molecule has 0 amide bonds. The Kier molecular flexibility index (Phi) is 15.7. The van der Waals surface area contributed by atoms with Gasteiger partial charge in [0.1, 0.15) is 0 Å². The van der Waals surface area contributed by atoms with Gasteiger partial charge in [0, 0.05) is 11.0 Å². The first-order valence-corrected chi connectivity index (χ1v) is 10.9. The molecule has 2 heteroatoms. The standard InChI is InChI=1S/C17H36S2/c1-5-8-10-12-14-17(15-13-11-9-6-2)16(4)19-18-7-3/h16-17H,5-15H2,1-4H3/t16-/m1/s1. The summed E-state index contributed by atoms with van der Waals surface area (Å²) in [5, 5.41) is 0.841. The van der Waals surface area contributed by atoms with Gasteiger partial charge in [-0.05, 0) is 18.8 Å². The Hall–Kier alpha value is 0.700. The zero-order valence-electron chi connectivity index (χ0n) is 13.7. The fourth-order valence-corrected chi connectivity index (χ4v) is 4.84. The van der Waals surface area contributed by atoms with Gasteiger partial charge in [-0.15, -0.1) is 0 Å². The summed E-state index contributed by atoms with van der Waals surface area (Å²) in [5.74, 6) is 2.20. The van der Waals surface area contributed by atoms with Crippen molar-refractivity contribution in [1.82, 2.24) is 0 Å². The van der Waals surface area contributed by atoms with Gasteiger partial charge in [-0.25, -0.2) is 0 Å². The molecule has 0 unspecified atom stereocenters. The van der Waals surface area contributed by atoms with Crippen LogP contribution in [0.4, 0.5) is 0 Å². The van der Waals surface area contributed by atoms with E-state index in [9.17, 15) is 0 Å². The topological polar surface area (TPSA) is 0 Å². The van der Waals surface area contributed by atoms with Crippen LogP contribution in [0.15, 0.2) is 0 Å². The van der Waals surface area contributed by atoms with Crippen molar-refractivity contribution in [2.45, 2.75) is 97.2 Å². The van der Waals surface area contributed by atoms with Crippen molar-refractivity contribution >= 4 is 21.6 Å². The molecule has 19 heavy (non-hydrogen) atoms. The minimum atomic E-state index is 0.841. The maximum atomic E-state index is 2.46. The molecular weight excluding hydrogens is 268 g/mol. The third-order valence-corrected chi connectivity index (χ3v) is 6.94. The summed E-state index contributed by atoms with van der Waals surface area (Å²) in [4.78, 5) is 0. The van der Waals surface area contributed by atoms with Crippen molar-refractivity contribution < 1.29 is 0 Å². The predicted octanol–water partition coefficient (Wildman–Crippen LogP) is 7.33. The van der Waals surface area contributed by atoms with E-state index in [2.05, 4.69) is 38.5 Å². The van der Waals surface area contributed by atoms with E-state index >= 15 is 0 Å². The summed E-state index contributed by atoms with van der Waals surface area (Å²) >= 11 is 0. The SMILES string of the molecule is CCCCCCC(CCCCCC)[C@@H](C)SSCC. The second-order valence-corrected chi connectivity index (χ2v) is 8.70. The van der Waals surface area contributed by atoms with Gasteiger partial charge in [0.2, 0.25) is 0 Å². The average molecular weight is 305 g/mol. The lowest BCUT2D eigenvalue weighted by Gasteiger charge is -2.23. The second-order valence-electron chi connectivity index (χ2n) is 5.67. The van der Waals surface area contributed by atoms with Crippen LogP contribution in [-0.4, -0.2) is 11.0 Å². The normalized spacial score (nSPS) is 13.1. The second kappa shape index (κ2) is 15.1. The maximum absolute atomic E-state index is 2.46. The third-order valence-electron chi connectivity index (χ3n) is 3.86. The van der Waals surface area contributed by atoms with Gasteiger partial charge >= 0.3 is 0 Å². The molecule has 0 nitrogen and oxygen atoms in total. The smallest absolute Gasteiger partial charge is 0.0151 e. The van der Waals surface area contributed by atoms with Gasteiger partial charge < -0.3 is 0 Å². The van der Waals surface area contributed by atoms with Crippen LogP contribution < -0.4 is 0 Å². The van der Waals surface area contributed by atoms with Crippen LogP contribution in [0.25, 0.3) is 0 Å². The summed E-state index contributed by atoms with van der Waals surface area (Å²) in [6, 6.07) is 0. The van der Waals surface area contributed by atoms with Gasteiger partial charge in [-0.3, -0.25) is 0 Å². The van der Waals surface area contributed by atoms with Gasteiger partial charge in [0.25, 0.3) is 0 Å². The fourth-order valence-electron chi connectivity index (χ4n) is 2.53. The van der Waals surface area contributed by atoms with Gasteiger partial charge in [0.05, 0.1) is 0 Å². The molecule has 0 rings (SSSR count). The molecule has 0 aromatic heterocycles. The van der Waals surface area contributed by atoms with E-state index < -0.39 is 0 Å². The molecule has 0 fully saturated rings. The molecule has 0 aromatic rings. The maximum Gasteiger partial charge on any atom is 0.0151 e. The molecule has 0 heterocycles. The summed E-state index contributed by atoms with van der Waals surface area (Å²) in [6.07, 6.45) is 14.3. The van der Waals surface area contributed by atoms with Crippen LogP contribution >= 0.6 is 21.6 Å². The largest absolute Gasteiger partial charge is 0.0942 e. The highest BCUT2D eigenvalue weighted by Crippen LogP contribution is 2.35. The average Bonchev–Trinajstić information content (AvgIpc) is 2.43. The highest BCUT2D eigenvalue weighted by Gasteiger charge is 2.17. The van der Waals surface area contributed by atoms with Crippen LogP contribution in [0.5, 0.6) is 0 Å². The molecule has 1 atom stereocenters. The Labute approximate surface area is 130 Å². The van der Waals surface area contributed by atoms with E-state index in [1.807, 2.05) is 10.8 Å². The minimum Gasteiger partial charge on any atom is -0.0942 e. The van der Waals surface area contributed by atoms with Crippen LogP contribution in [0, 0.1) is 5.92 Å². The van der Waals surface area contributed by atoms with E-state index in [0.29, 0.717) is 0 Å². The van der Waals surface area contributed by atoms with Gasteiger partial charge in [-0.1, -0.05) is 101 Å². The van der Waals surface area contributed by atoms with Crippen LogP contribution in [-0.2, 0) is 0 Å². The Morgan fingerprint density at radius 3 is 1.68 bits per heavy atom. The van der Waals surface area contributed by atoms with Crippen molar-refractivity contribution in [3.63, 3.8) is 0 Å². The molecule has 0 aliphatic carbocycles. The Bertz CT molecular complexity index is 159. The lowest BCUT2D eigenvalue weighted by atomic mass is 9.92. The molecule has 116 valence electrons. The quantitative estimate of drug-likeness (QED) is 0.243. The zero-order chi connectivity index (χ0) is 14.3. The van der Waals surface area contributed by atoms with Crippen LogP contribution in [0.2, 0.25) is 0 Å². The minimum absolute atomic E-state index is 0.841. The van der Waals surface area contributed by atoms with Gasteiger partial charge in [0.15, 0.2) is 0 Å². The molecule has 0 radical (unpaired) electrons. The Morgan fingerprint density at radius 2 is 1.26 bits per heavy atom. The molecule has 0 saturated carbocycles. The summed E-state index contributed by atoms with van der Waals surface area (Å²) in [6.45, 7) is 9.33. The van der Waals surface area contributed by atoms with Crippen molar-refractivity contribution in [2.24, 2.45) is 5.92 Å². The van der Waals surface area contributed by atoms with Crippen LogP contribution in [0.1, 0.15) is 91.9 Å². The lowest BCUT2D eigenvalue weighted by molar-refractivity contribution is 0.404. The van der Waals surface area contributed by atoms with Crippen molar-refractivity contribution in [3.8, 4) is 0 Å². The molecule has 0 aromatic carbocycles. The first kappa shape index (κ1) is 19.7. The molecule has 0 aliphatic heterocycles. The highest BCUT2D eigenvalue weighted by atomic mass is 33.1. The molecule has 0 bridgehead atoms. The monoisotopic (exact) mass is 304 g/mol. The third kappa shape index (κ3) is 12.2. The van der Waals surface area contributed by atoms with E-state index in [1.165, 1.54) is 70.0 Å². The van der Waals surface area contributed by atoms with E-state index in [0.717, 1.165) is 11.2 Å². The van der Waals surface area contributed by atoms with Gasteiger partial charge in [-0.2, -0.15) is 0 Å². The Balaban J connectivity index is 3.91. The van der Waals surface area contributed by atoms with E-state index in [-0.39, 0.29) is 0 Å². The molecular formula is C17H36S2. The molecule has 0 N–H and O–H groups in total. The fraction of sp³-hybridized carbons (Fsp3) is 1.00. The summed E-state index contributed by atoms with van der Waals surface area (Å²) in [5.41, 5.74) is 0. The molecule has 0 saturated heterocycles. The molecule has 0 spiro atoms. The first-order valence-electron chi connectivity index (χ1n) is 8.54. The lowest BCUT2D eigenvalue weighted by Crippen LogP contribution is -2.13.